The molecule has 19 heavy (non-hydrogen) atoms. The zero-order valence-corrected chi connectivity index (χ0v) is 12.8. The third-order valence-electron chi connectivity index (χ3n) is 6.71. The van der Waals surface area contributed by atoms with E-state index in [0.717, 1.165) is 24.2 Å². The van der Waals surface area contributed by atoms with Crippen LogP contribution in [0.25, 0.3) is 0 Å². The predicted molar refractivity (Wildman–Crippen MR) is 75.7 cm³/mol. The van der Waals surface area contributed by atoms with Crippen molar-refractivity contribution in [2.75, 3.05) is 0 Å². The van der Waals surface area contributed by atoms with Crippen molar-refractivity contribution in [2.45, 2.75) is 59.8 Å². The molecule has 4 bridgehead atoms. The maximum absolute atomic E-state index is 11.8. The average molecular weight is 264 g/mol. The summed E-state index contributed by atoms with van der Waals surface area (Å²) in [5.74, 6) is 1.97. The van der Waals surface area contributed by atoms with Crippen molar-refractivity contribution in [2.24, 2.45) is 40.4 Å². The molecule has 0 radical (unpaired) electrons. The lowest BCUT2D eigenvalue weighted by Crippen LogP contribution is -2.58. The molecular weight excluding hydrogens is 236 g/mol. The molecule has 0 aromatic heterocycles. The molecule has 0 heterocycles. The van der Waals surface area contributed by atoms with Crippen molar-refractivity contribution in [3.05, 3.63) is 0 Å². The van der Waals surface area contributed by atoms with E-state index >= 15 is 0 Å². The third kappa shape index (κ3) is 1.86. The van der Waals surface area contributed by atoms with Crippen molar-refractivity contribution >= 4 is 5.97 Å². The fourth-order valence-electron chi connectivity index (χ4n) is 6.51. The molecular formula is C17H28O2. The van der Waals surface area contributed by atoms with Crippen LogP contribution in [0.1, 0.15) is 59.8 Å². The van der Waals surface area contributed by atoms with Crippen molar-refractivity contribution in [3.63, 3.8) is 0 Å². The molecule has 0 saturated heterocycles. The summed E-state index contributed by atoms with van der Waals surface area (Å²) in [5, 5.41) is 9.75. The molecule has 0 spiro atoms. The predicted octanol–water partition coefficient (Wildman–Crippen LogP) is 4.20. The second-order valence-electron chi connectivity index (χ2n) is 8.61. The molecule has 2 nitrogen and oxygen atoms in total. The number of hydrogen-bond acceptors (Lipinski definition) is 1. The monoisotopic (exact) mass is 264 g/mol. The van der Waals surface area contributed by atoms with Gasteiger partial charge in [0.15, 0.2) is 0 Å². The summed E-state index contributed by atoms with van der Waals surface area (Å²) in [4.78, 5) is 11.8. The van der Waals surface area contributed by atoms with E-state index in [9.17, 15) is 9.90 Å². The van der Waals surface area contributed by atoms with Gasteiger partial charge >= 0.3 is 5.97 Å². The van der Waals surface area contributed by atoms with E-state index in [4.69, 9.17) is 0 Å². The summed E-state index contributed by atoms with van der Waals surface area (Å²) in [6.07, 6.45) is 6.20. The van der Waals surface area contributed by atoms with Gasteiger partial charge in [0.1, 0.15) is 0 Å². The Morgan fingerprint density at radius 2 is 1.68 bits per heavy atom. The highest BCUT2D eigenvalue weighted by molar-refractivity contribution is 5.71. The summed E-state index contributed by atoms with van der Waals surface area (Å²) in [7, 11) is 0. The average Bonchev–Trinajstić information content (AvgIpc) is 2.21. The first kappa shape index (κ1) is 13.5. The molecule has 0 aromatic rings. The quantitative estimate of drug-likeness (QED) is 0.829. The first-order valence-corrected chi connectivity index (χ1v) is 7.99. The van der Waals surface area contributed by atoms with E-state index in [1.807, 2.05) is 0 Å². The van der Waals surface area contributed by atoms with Crippen LogP contribution < -0.4 is 0 Å². The minimum absolute atomic E-state index is 0.104. The normalized spacial score (nSPS) is 49.6. The molecule has 2 heteroatoms. The standard InChI is InChI=1S/C17H28O2/c1-10(2)14(15(18)19)17-7-12-5-16(4,9-17)6-13(8-17)11(12)3/h10-14H,5-9H2,1-4H3,(H,18,19). The second kappa shape index (κ2) is 3.99. The van der Waals surface area contributed by atoms with Gasteiger partial charge in [-0.15, -0.1) is 0 Å². The lowest BCUT2D eigenvalue weighted by atomic mass is 9.39. The second-order valence-corrected chi connectivity index (χ2v) is 8.61. The number of aliphatic carboxylic acids is 1. The van der Waals surface area contributed by atoms with E-state index < -0.39 is 5.97 Å². The van der Waals surface area contributed by atoms with Crippen LogP contribution in [0.4, 0.5) is 0 Å². The molecule has 3 unspecified atom stereocenters. The molecule has 108 valence electrons. The largest absolute Gasteiger partial charge is 0.481 e. The summed E-state index contributed by atoms with van der Waals surface area (Å²) >= 11 is 0. The Kier molecular flexibility index (Phi) is 2.82. The van der Waals surface area contributed by atoms with Gasteiger partial charge in [-0.05, 0) is 66.6 Å². The Labute approximate surface area is 117 Å². The van der Waals surface area contributed by atoms with E-state index in [0.29, 0.717) is 5.41 Å². The third-order valence-corrected chi connectivity index (χ3v) is 6.71. The van der Waals surface area contributed by atoms with Gasteiger partial charge in [-0.3, -0.25) is 4.79 Å². The highest BCUT2D eigenvalue weighted by atomic mass is 16.4. The fourth-order valence-corrected chi connectivity index (χ4v) is 6.51. The van der Waals surface area contributed by atoms with Gasteiger partial charge in [0, 0.05) is 0 Å². The van der Waals surface area contributed by atoms with E-state index in [1.54, 1.807) is 0 Å². The number of carbonyl (C=O) groups is 1. The van der Waals surface area contributed by atoms with Gasteiger partial charge in [-0.25, -0.2) is 0 Å². The van der Waals surface area contributed by atoms with E-state index in [-0.39, 0.29) is 17.3 Å². The smallest absolute Gasteiger partial charge is 0.307 e. The van der Waals surface area contributed by atoms with Crippen LogP contribution in [0.3, 0.4) is 0 Å². The zero-order chi connectivity index (χ0) is 14.0. The molecule has 4 aliphatic rings. The lowest BCUT2D eigenvalue weighted by molar-refractivity contribution is -0.182. The topological polar surface area (TPSA) is 37.3 Å². The zero-order valence-electron chi connectivity index (χ0n) is 12.8. The highest BCUT2D eigenvalue weighted by Gasteiger charge is 2.62. The summed E-state index contributed by atoms with van der Waals surface area (Å²) in [6, 6.07) is 0. The van der Waals surface area contributed by atoms with Gasteiger partial charge in [0.25, 0.3) is 0 Å². The molecule has 4 aliphatic carbocycles. The van der Waals surface area contributed by atoms with Crippen LogP contribution >= 0.6 is 0 Å². The van der Waals surface area contributed by atoms with Gasteiger partial charge in [-0.2, -0.15) is 0 Å². The number of carboxylic acid groups (broad SMARTS) is 1. The van der Waals surface area contributed by atoms with Crippen LogP contribution in [0.5, 0.6) is 0 Å². The summed E-state index contributed by atoms with van der Waals surface area (Å²) in [6.45, 7) is 9.03. The van der Waals surface area contributed by atoms with Crippen molar-refractivity contribution in [1.82, 2.24) is 0 Å². The van der Waals surface area contributed by atoms with Gasteiger partial charge < -0.3 is 5.11 Å². The molecule has 4 rings (SSSR count). The van der Waals surface area contributed by atoms with Gasteiger partial charge in [0.05, 0.1) is 5.92 Å². The van der Waals surface area contributed by atoms with Crippen LogP contribution in [0.15, 0.2) is 0 Å². The van der Waals surface area contributed by atoms with Crippen LogP contribution in [0, 0.1) is 40.4 Å². The Hall–Kier alpha value is -0.530. The number of hydrogen-bond donors (Lipinski definition) is 1. The summed E-state index contributed by atoms with van der Waals surface area (Å²) < 4.78 is 0. The van der Waals surface area contributed by atoms with Crippen LogP contribution in [-0.4, -0.2) is 11.1 Å². The number of rotatable bonds is 3. The number of carboxylic acids is 1. The van der Waals surface area contributed by atoms with Crippen LogP contribution in [0.2, 0.25) is 0 Å². The summed E-state index contributed by atoms with van der Waals surface area (Å²) in [5.41, 5.74) is 0.536. The molecule has 0 amide bonds. The highest BCUT2D eigenvalue weighted by Crippen LogP contribution is 2.69. The molecule has 1 N–H and O–H groups in total. The Bertz CT molecular complexity index is 382. The minimum Gasteiger partial charge on any atom is -0.481 e. The van der Waals surface area contributed by atoms with Gasteiger partial charge in [0.2, 0.25) is 0 Å². The van der Waals surface area contributed by atoms with E-state index in [1.165, 1.54) is 25.7 Å². The molecule has 3 atom stereocenters. The first-order chi connectivity index (χ1) is 8.76. The van der Waals surface area contributed by atoms with Gasteiger partial charge in [-0.1, -0.05) is 27.7 Å². The Morgan fingerprint density at radius 1 is 1.16 bits per heavy atom. The Morgan fingerprint density at radius 3 is 2.11 bits per heavy atom. The van der Waals surface area contributed by atoms with Crippen molar-refractivity contribution in [3.8, 4) is 0 Å². The fraction of sp³-hybridized carbons (Fsp3) is 0.941. The molecule has 0 aromatic carbocycles. The molecule has 0 aliphatic heterocycles. The Balaban J connectivity index is 1.99. The maximum atomic E-state index is 11.8. The van der Waals surface area contributed by atoms with Crippen molar-refractivity contribution in [1.29, 1.82) is 0 Å². The van der Waals surface area contributed by atoms with E-state index in [2.05, 4.69) is 27.7 Å². The molecule has 4 fully saturated rings. The van der Waals surface area contributed by atoms with Crippen molar-refractivity contribution < 1.29 is 9.90 Å². The lowest BCUT2D eigenvalue weighted by Gasteiger charge is -2.65. The van der Waals surface area contributed by atoms with Crippen LogP contribution in [-0.2, 0) is 4.79 Å². The first-order valence-electron chi connectivity index (χ1n) is 7.99. The maximum Gasteiger partial charge on any atom is 0.307 e. The SMILES string of the molecule is CC(C)C(C(=O)O)C12CC3CC(C)(CC(C1)C3C)C2. The molecule has 4 saturated carbocycles. The minimum atomic E-state index is -0.548.